The minimum Gasteiger partial charge on any atom is -0.456 e. The SMILES string of the molecule is C1=Cc2oc3ccc(N(c4cc(-c5ccccc5)cc5ccccc45)c4cccc5oc6cnccc6c45)cc3c2CN1. The molecule has 0 bridgehead atoms. The summed E-state index contributed by atoms with van der Waals surface area (Å²) >= 11 is 0. The molecule has 3 aromatic heterocycles. The van der Waals surface area contributed by atoms with E-state index in [9.17, 15) is 0 Å². The van der Waals surface area contributed by atoms with Crippen LogP contribution in [0, 0.1) is 0 Å². The molecule has 5 heteroatoms. The summed E-state index contributed by atoms with van der Waals surface area (Å²) in [6.45, 7) is 0.726. The number of pyridine rings is 1. The molecule has 0 unspecified atom stereocenters. The van der Waals surface area contributed by atoms with Crippen LogP contribution in [0.1, 0.15) is 11.3 Å². The molecule has 0 fully saturated rings. The van der Waals surface area contributed by atoms with Crippen molar-refractivity contribution in [3.63, 3.8) is 0 Å². The van der Waals surface area contributed by atoms with Gasteiger partial charge in [-0.1, -0.05) is 60.7 Å². The van der Waals surface area contributed by atoms with Crippen molar-refractivity contribution < 1.29 is 8.83 Å². The van der Waals surface area contributed by atoms with E-state index in [-0.39, 0.29) is 0 Å². The highest BCUT2D eigenvalue weighted by atomic mass is 16.3. The third kappa shape index (κ3) is 3.75. The number of nitrogens with zero attached hydrogens (tertiary/aromatic N) is 2. The van der Waals surface area contributed by atoms with Crippen LogP contribution in [0.25, 0.3) is 60.9 Å². The van der Waals surface area contributed by atoms with E-state index in [0.717, 1.165) is 73.2 Å². The first kappa shape index (κ1) is 23.9. The summed E-state index contributed by atoms with van der Waals surface area (Å²) in [6.07, 6.45) is 7.56. The highest BCUT2D eigenvalue weighted by Gasteiger charge is 2.23. The van der Waals surface area contributed by atoms with Gasteiger partial charge in [0.2, 0.25) is 0 Å². The van der Waals surface area contributed by atoms with Crippen LogP contribution in [0.15, 0.2) is 137 Å². The third-order valence-electron chi connectivity index (χ3n) is 8.40. The Balaban J connectivity index is 1.39. The summed E-state index contributed by atoms with van der Waals surface area (Å²) in [6, 6.07) is 38.6. The van der Waals surface area contributed by atoms with Crippen molar-refractivity contribution in [3.8, 4) is 11.1 Å². The van der Waals surface area contributed by atoms with Gasteiger partial charge in [-0.25, -0.2) is 0 Å². The molecule has 1 aliphatic rings. The Morgan fingerprint density at radius 2 is 1.56 bits per heavy atom. The van der Waals surface area contributed by atoms with Crippen molar-refractivity contribution in [3.05, 3.63) is 139 Å². The molecule has 1 aliphatic heterocycles. The van der Waals surface area contributed by atoms with E-state index >= 15 is 0 Å². The van der Waals surface area contributed by atoms with Crippen LogP contribution in [0.2, 0.25) is 0 Å². The van der Waals surface area contributed by atoms with E-state index in [1.807, 2.05) is 30.6 Å². The van der Waals surface area contributed by atoms with Crippen molar-refractivity contribution >= 4 is 66.8 Å². The van der Waals surface area contributed by atoms with Crippen LogP contribution in [0.3, 0.4) is 0 Å². The highest BCUT2D eigenvalue weighted by molar-refractivity contribution is 6.15. The second kappa shape index (κ2) is 9.36. The van der Waals surface area contributed by atoms with Crippen molar-refractivity contribution in [2.45, 2.75) is 6.54 Å². The number of fused-ring (bicyclic) bond motifs is 7. The molecule has 9 rings (SSSR count). The molecule has 0 saturated heterocycles. The Kier molecular flexibility index (Phi) is 5.19. The van der Waals surface area contributed by atoms with Gasteiger partial charge in [-0.2, -0.15) is 0 Å². The van der Waals surface area contributed by atoms with Gasteiger partial charge >= 0.3 is 0 Å². The van der Waals surface area contributed by atoms with Gasteiger partial charge in [0.15, 0.2) is 5.58 Å². The van der Waals surface area contributed by atoms with Gasteiger partial charge in [-0.15, -0.1) is 0 Å². The molecule has 0 spiro atoms. The van der Waals surface area contributed by atoms with Gasteiger partial charge < -0.3 is 19.1 Å². The lowest BCUT2D eigenvalue weighted by Crippen LogP contribution is -2.12. The Morgan fingerprint density at radius 1 is 0.651 bits per heavy atom. The first-order valence-corrected chi connectivity index (χ1v) is 14.4. The minimum absolute atomic E-state index is 0.726. The molecule has 0 radical (unpaired) electrons. The van der Waals surface area contributed by atoms with E-state index in [0.29, 0.717) is 0 Å². The quantitative estimate of drug-likeness (QED) is 0.234. The maximum Gasteiger partial charge on any atom is 0.153 e. The van der Waals surface area contributed by atoms with Gasteiger partial charge in [0.05, 0.1) is 23.0 Å². The Morgan fingerprint density at radius 3 is 2.51 bits per heavy atom. The topological polar surface area (TPSA) is 54.4 Å². The maximum atomic E-state index is 6.31. The molecule has 5 nitrogen and oxygen atoms in total. The number of rotatable bonds is 4. The van der Waals surface area contributed by atoms with E-state index in [1.165, 1.54) is 16.5 Å². The van der Waals surface area contributed by atoms with Crippen LogP contribution in [0.5, 0.6) is 0 Å². The molecule has 4 heterocycles. The average molecular weight is 556 g/mol. The smallest absolute Gasteiger partial charge is 0.153 e. The predicted molar refractivity (Wildman–Crippen MR) is 175 cm³/mol. The van der Waals surface area contributed by atoms with E-state index in [4.69, 9.17) is 8.83 Å². The highest BCUT2D eigenvalue weighted by Crippen LogP contribution is 2.47. The summed E-state index contributed by atoms with van der Waals surface area (Å²) in [5.41, 5.74) is 9.12. The summed E-state index contributed by atoms with van der Waals surface area (Å²) in [4.78, 5) is 6.70. The van der Waals surface area contributed by atoms with E-state index in [1.54, 1.807) is 6.20 Å². The standard InChI is InChI=1S/C38H25N3O2/c1-2-7-24(8-3-1)26-19-25-9-4-5-10-28(25)33(20-26)41(27-13-14-34-30(21-27)31-22-39-18-16-35(31)42-34)32-11-6-12-36-38(32)29-15-17-40-23-37(29)43-36/h1-21,23,39H,22H2. The predicted octanol–water partition coefficient (Wildman–Crippen LogP) is 10.1. The van der Waals surface area contributed by atoms with E-state index in [2.05, 4.69) is 112 Å². The summed E-state index contributed by atoms with van der Waals surface area (Å²) in [5.74, 6) is 0.907. The molecule has 0 aliphatic carbocycles. The monoisotopic (exact) mass is 555 g/mol. The normalized spacial score (nSPS) is 12.7. The van der Waals surface area contributed by atoms with Gasteiger partial charge in [-0.05, 0) is 71.1 Å². The number of aromatic nitrogens is 1. The minimum atomic E-state index is 0.726. The van der Waals surface area contributed by atoms with Crippen molar-refractivity contribution in [2.24, 2.45) is 0 Å². The Hall–Kier alpha value is -5.81. The zero-order chi connectivity index (χ0) is 28.3. The largest absolute Gasteiger partial charge is 0.456 e. The van der Waals surface area contributed by atoms with Gasteiger partial charge in [0.1, 0.15) is 16.9 Å². The summed E-state index contributed by atoms with van der Waals surface area (Å²) < 4.78 is 12.5. The Bertz CT molecular complexity index is 2360. The molecule has 5 aromatic carbocycles. The first-order valence-electron chi connectivity index (χ1n) is 14.4. The van der Waals surface area contributed by atoms with Crippen molar-refractivity contribution in [2.75, 3.05) is 4.90 Å². The van der Waals surface area contributed by atoms with E-state index < -0.39 is 0 Å². The molecular formula is C38H25N3O2. The molecule has 1 N–H and O–H groups in total. The van der Waals surface area contributed by atoms with Crippen LogP contribution >= 0.6 is 0 Å². The fourth-order valence-electron chi connectivity index (χ4n) is 6.44. The molecule has 204 valence electrons. The fourth-order valence-corrected chi connectivity index (χ4v) is 6.44. The number of nitrogens with one attached hydrogen (secondary N) is 1. The number of hydrogen-bond donors (Lipinski definition) is 1. The number of anilines is 3. The van der Waals surface area contributed by atoms with Gasteiger partial charge in [-0.3, -0.25) is 4.98 Å². The average Bonchev–Trinajstić information content (AvgIpc) is 3.64. The van der Waals surface area contributed by atoms with Crippen molar-refractivity contribution in [1.29, 1.82) is 0 Å². The van der Waals surface area contributed by atoms with Crippen LogP contribution in [0.4, 0.5) is 17.1 Å². The number of furan rings is 2. The van der Waals surface area contributed by atoms with Crippen LogP contribution in [-0.4, -0.2) is 4.98 Å². The number of benzene rings is 5. The third-order valence-corrected chi connectivity index (χ3v) is 8.40. The molecule has 8 aromatic rings. The summed E-state index contributed by atoms with van der Waals surface area (Å²) in [5, 5.41) is 8.87. The molecule has 43 heavy (non-hydrogen) atoms. The zero-order valence-electron chi connectivity index (χ0n) is 23.1. The van der Waals surface area contributed by atoms with Crippen LogP contribution in [-0.2, 0) is 6.54 Å². The Labute approximate surface area is 247 Å². The second-order valence-corrected chi connectivity index (χ2v) is 10.9. The fraction of sp³-hybridized carbons (Fsp3) is 0.0263. The summed E-state index contributed by atoms with van der Waals surface area (Å²) in [7, 11) is 0. The maximum absolute atomic E-state index is 6.31. The zero-order valence-corrected chi connectivity index (χ0v) is 23.1. The van der Waals surface area contributed by atoms with Crippen LogP contribution < -0.4 is 10.2 Å². The number of hydrogen-bond acceptors (Lipinski definition) is 5. The van der Waals surface area contributed by atoms with Gasteiger partial charge in [0.25, 0.3) is 0 Å². The lowest BCUT2D eigenvalue weighted by molar-refractivity contribution is 0.592. The molecule has 0 amide bonds. The lowest BCUT2D eigenvalue weighted by Gasteiger charge is -2.28. The van der Waals surface area contributed by atoms with Gasteiger partial charge in [0, 0.05) is 46.4 Å². The molecule has 0 atom stereocenters. The molecule has 0 saturated carbocycles. The molecular weight excluding hydrogens is 530 g/mol. The second-order valence-electron chi connectivity index (χ2n) is 10.9. The van der Waals surface area contributed by atoms with Crippen molar-refractivity contribution in [1.82, 2.24) is 10.3 Å². The first-order chi connectivity index (χ1) is 21.3. The lowest BCUT2D eigenvalue weighted by atomic mass is 9.98.